The van der Waals surface area contributed by atoms with E-state index in [2.05, 4.69) is 38.6 Å². The van der Waals surface area contributed by atoms with Crippen molar-refractivity contribution in [3.63, 3.8) is 0 Å². The second kappa shape index (κ2) is 7.43. The maximum atomic E-state index is 4.49. The highest BCUT2D eigenvalue weighted by atomic mass is 15.1. The van der Waals surface area contributed by atoms with Crippen molar-refractivity contribution < 1.29 is 0 Å². The Kier molecular flexibility index (Phi) is 5.29. The number of hydrogen-bond donors (Lipinski definition) is 2. The Morgan fingerprint density at radius 1 is 1.15 bits per heavy atom. The van der Waals surface area contributed by atoms with Crippen LogP contribution < -0.4 is 10.6 Å². The molecule has 0 aromatic carbocycles. The molecule has 0 saturated heterocycles. The monoisotopic (exact) mass is 271 g/mol. The van der Waals surface area contributed by atoms with Gasteiger partial charge in [-0.2, -0.15) is 4.98 Å². The fraction of sp³-hybridized carbons (Fsp3) is 0.400. The van der Waals surface area contributed by atoms with E-state index in [1.165, 1.54) is 5.56 Å². The Morgan fingerprint density at radius 3 is 2.80 bits per heavy atom. The summed E-state index contributed by atoms with van der Waals surface area (Å²) in [5.41, 5.74) is 2.27. The molecule has 0 aliphatic carbocycles. The lowest BCUT2D eigenvalue weighted by Crippen LogP contribution is -2.11. The molecule has 5 heteroatoms. The number of rotatable bonds is 7. The first-order valence-electron chi connectivity index (χ1n) is 7.00. The van der Waals surface area contributed by atoms with Crippen molar-refractivity contribution >= 4 is 11.8 Å². The Hall–Kier alpha value is -2.17. The SMILES string of the molecule is CCCNc1ncc(C)c(NCCc2cccnc2)n1. The largest absolute Gasteiger partial charge is 0.369 e. The van der Waals surface area contributed by atoms with Crippen LogP contribution in [0.25, 0.3) is 0 Å². The van der Waals surface area contributed by atoms with Gasteiger partial charge in [0.05, 0.1) is 0 Å². The third kappa shape index (κ3) is 4.19. The molecule has 5 nitrogen and oxygen atoms in total. The predicted molar refractivity (Wildman–Crippen MR) is 82.0 cm³/mol. The van der Waals surface area contributed by atoms with E-state index in [9.17, 15) is 0 Å². The van der Waals surface area contributed by atoms with Crippen LogP contribution in [0.15, 0.2) is 30.7 Å². The highest BCUT2D eigenvalue weighted by Gasteiger charge is 2.03. The summed E-state index contributed by atoms with van der Waals surface area (Å²) in [7, 11) is 0. The van der Waals surface area contributed by atoms with E-state index in [1.807, 2.05) is 25.4 Å². The average Bonchev–Trinajstić information content (AvgIpc) is 2.49. The summed E-state index contributed by atoms with van der Waals surface area (Å²) in [4.78, 5) is 12.9. The van der Waals surface area contributed by atoms with Gasteiger partial charge in [-0.15, -0.1) is 0 Å². The van der Waals surface area contributed by atoms with Gasteiger partial charge >= 0.3 is 0 Å². The van der Waals surface area contributed by atoms with Crippen molar-refractivity contribution in [3.8, 4) is 0 Å². The highest BCUT2D eigenvalue weighted by molar-refractivity contribution is 5.46. The minimum Gasteiger partial charge on any atom is -0.369 e. The zero-order valence-corrected chi connectivity index (χ0v) is 12.1. The summed E-state index contributed by atoms with van der Waals surface area (Å²) >= 11 is 0. The van der Waals surface area contributed by atoms with Gasteiger partial charge in [-0.25, -0.2) is 4.98 Å². The first-order valence-corrected chi connectivity index (χ1v) is 7.00. The molecule has 106 valence electrons. The van der Waals surface area contributed by atoms with Crippen molar-refractivity contribution in [1.29, 1.82) is 0 Å². The predicted octanol–water partition coefficient (Wildman–Crippen LogP) is 2.66. The van der Waals surface area contributed by atoms with Crippen LogP contribution in [-0.2, 0) is 6.42 Å². The van der Waals surface area contributed by atoms with E-state index in [0.717, 1.165) is 37.3 Å². The zero-order chi connectivity index (χ0) is 14.2. The number of pyridine rings is 1. The van der Waals surface area contributed by atoms with Crippen LogP contribution in [0.1, 0.15) is 24.5 Å². The highest BCUT2D eigenvalue weighted by Crippen LogP contribution is 2.12. The molecule has 0 saturated carbocycles. The van der Waals surface area contributed by atoms with Gasteiger partial charge in [0.25, 0.3) is 0 Å². The van der Waals surface area contributed by atoms with Crippen molar-refractivity contribution in [3.05, 3.63) is 41.9 Å². The topological polar surface area (TPSA) is 62.7 Å². The third-order valence-electron chi connectivity index (χ3n) is 2.93. The Morgan fingerprint density at radius 2 is 2.05 bits per heavy atom. The van der Waals surface area contributed by atoms with E-state index in [4.69, 9.17) is 0 Å². The minimum absolute atomic E-state index is 0.682. The van der Waals surface area contributed by atoms with Crippen molar-refractivity contribution in [1.82, 2.24) is 15.0 Å². The van der Waals surface area contributed by atoms with E-state index >= 15 is 0 Å². The summed E-state index contributed by atoms with van der Waals surface area (Å²) in [6.07, 6.45) is 7.51. The fourth-order valence-electron chi connectivity index (χ4n) is 1.81. The zero-order valence-electron chi connectivity index (χ0n) is 12.1. The fourth-order valence-corrected chi connectivity index (χ4v) is 1.81. The first kappa shape index (κ1) is 14.2. The molecule has 20 heavy (non-hydrogen) atoms. The maximum Gasteiger partial charge on any atom is 0.224 e. The van der Waals surface area contributed by atoms with Gasteiger partial charge in [-0.05, 0) is 31.4 Å². The van der Waals surface area contributed by atoms with Crippen LogP contribution in [0, 0.1) is 6.92 Å². The molecule has 0 fully saturated rings. The molecular formula is C15H21N5. The Balaban J connectivity index is 1.91. The van der Waals surface area contributed by atoms with E-state index in [-0.39, 0.29) is 0 Å². The lowest BCUT2D eigenvalue weighted by molar-refractivity contribution is 0.941. The number of hydrogen-bond acceptors (Lipinski definition) is 5. The molecule has 0 aliphatic heterocycles. The molecule has 0 spiro atoms. The second-order valence-electron chi connectivity index (χ2n) is 4.69. The standard InChI is InChI=1S/C15H21N5/c1-3-7-18-15-19-10-12(2)14(20-15)17-9-6-13-5-4-8-16-11-13/h4-5,8,10-11H,3,6-7,9H2,1-2H3,(H2,17,18,19,20). The molecular weight excluding hydrogens is 250 g/mol. The van der Waals surface area contributed by atoms with Gasteiger partial charge in [-0.1, -0.05) is 13.0 Å². The molecule has 0 amide bonds. The molecule has 0 aliphatic rings. The van der Waals surface area contributed by atoms with Crippen molar-refractivity contribution in [2.45, 2.75) is 26.7 Å². The van der Waals surface area contributed by atoms with Crippen molar-refractivity contribution in [2.75, 3.05) is 23.7 Å². The number of aryl methyl sites for hydroxylation is 1. The van der Waals surface area contributed by atoms with Crippen LogP contribution in [0.4, 0.5) is 11.8 Å². The molecule has 0 atom stereocenters. The summed E-state index contributed by atoms with van der Waals surface area (Å²) in [6, 6.07) is 4.04. The summed E-state index contributed by atoms with van der Waals surface area (Å²) in [5.74, 6) is 1.57. The molecule has 0 radical (unpaired) electrons. The van der Waals surface area contributed by atoms with E-state index in [1.54, 1.807) is 6.20 Å². The van der Waals surface area contributed by atoms with Gasteiger partial charge in [0.15, 0.2) is 0 Å². The lowest BCUT2D eigenvalue weighted by Gasteiger charge is -2.10. The molecule has 0 bridgehead atoms. The summed E-state index contributed by atoms with van der Waals surface area (Å²) < 4.78 is 0. The van der Waals surface area contributed by atoms with Crippen LogP contribution in [0.2, 0.25) is 0 Å². The molecule has 2 aromatic rings. The van der Waals surface area contributed by atoms with E-state index in [0.29, 0.717) is 5.95 Å². The normalized spacial score (nSPS) is 10.3. The molecule has 2 aromatic heterocycles. The Bertz CT molecular complexity index is 527. The van der Waals surface area contributed by atoms with Crippen LogP contribution in [0.3, 0.4) is 0 Å². The first-order chi connectivity index (χ1) is 9.79. The Labute approximate surface area is 119 Å². The second-order valence-corrected chi connectivity index (χ2v) is 4.69. The minimum atomic E-state index is 0.682. The van der Waals surface area contributed by atoms with E-state index < -0.39 is 0 Å². The molecule has 2 heterocycles. The third-order valence-corrected chi connectivity index (χ3v) is 2.93. The number of aromatic nitrogens is 3. The van der Waals surface area contributed by atoms with Crippen molar-refractivity contribution in [2.24, 2.45) is 0 Å². The van der Waals surface area contributed by atoms with Gasteiger partial charge in [-0.3, -0.25) is 4.98 Å². The number of nitrogens with one attached hydrogen (secondary N) is 2. The van der Waals surface area contributed by atoms with Crippen LogP contribution in [-0.4, -0.2) is 28.0 Å². The quantitative estimate of drug-likeness (QED) is 0.810. The molecule has 2 N–H and O–H groups in total. The number of anilines is 2. The van der Waals surface area contributed by atoms with Gasteiger partial charge in [0.2, 0.25) is 5.95 Å². The smallest absolute Gasteiger partial charge is 0.224 e. The van der Waals surface area contributed by atoms with Gasteiger partial charge in [0.1, 0.15) is 5.82 Å². The maximum absolute atomic E-state index is 4.49. The van der Waals surface area contributed by atoms with Gasteiger partial charge in [0, 0.05) is 37.2 Å². The average molecular weight is 271 g/mol. The molecule has 0 unspecified atom stereocenters. The van der Waals surface area contributed by atoms with Gasteiger partial charge < -0.3 is 10.6 Å². The van der Waals surface area contributed by atoms with Crippen LogP contribution in [0.5, 0.6) is 0 Å². The lowest BCUT2D eigenvalue weighted by atomic mass is 10.2. The van der Waals surface area contributed by atoms with Crippen LogP contribution >= 0.6 is 0 Å². The molecule has 2 rings (SSSR count). The summed E-state index contributed by atoms with van der Waals surface area (Å²) in [6.45, 7) is 5.85. The summed E-state index contributed by atoms with van der Waals surface area (Å²) in [5, 5.41) is 6.56. The number of nitrogens with zero attached hydrogens (tertiary/aromatic N) is 3.